The maximum absolute atomic E-state index is 15.2. The summed E-state index contributed by atoms with van der Waals surface area (Å²) in [5.74, 6) is -1.93. The van der Waals surface area contributed by atoms with Gasteiger partial charge in [0.15, 0.2) is 0 Å². The van der Waals surface area contributed by atoms with E-state index in [1.54, 1.807) is 28.8 Å². The minimum atomic E-state index is -1.34. The summed E-state index contributed by atoms with van der Waals surface area (Å²) in [7, 11) is 1.42. The number of aryl methyl sites for hydroxylation is 1. The standard InChI is InChI=1S/C28H27FN4O6/c1-3-32-15-20(27(35)36)26(34)19-13-21(29)24(14-23(19)32)33-10-8-31(9-11-33)16-22(30-38-2)18-12-17-6-4-5-7-25(17)39-28(18)37/h4-7,12-15H,3,8-11,16H2,1-2H3,(H,35,36)/b30-22-. The molecule has 3 heterocycles. The molecule has 10 nitrogen and oxygen atoms in total. The van der Waals surface area contributed by atoms with E-state index in [9.17, 15) is 19.5 Å². The topological polar surface area (TPSA) is 118 Å². The number of anilines is 1. The van der Waals surface area contributed by atoms with Crippen molar-refractivity contribution in [3.63, 3.8) is 0 Å². The molecule has 4 aromatic rings. The fraction of sp³-hybridized carbons (Fsp3) is 0.286. The highest BCUT2D eigenvalue weighted by molar-refractivity contribution is 6.03. The molecule has 2 aromatic carbocycles. The van der Waals surface area contributed by atoms with E-state index < -0.39 is 22.8 Å². The Kier molecular flexibility index (Phi) is 7.16. The number of piperazine rings is 1. The zero-order valence-corrected chi connectivity index (χ0v) is 21.5. The SMILES string of the molecule is CCn1cc(C(=O)O)c(=O)c2cc(F)c(N3CCN(C/C(=N/OC)c4cc5ccccc5oc4=O)CC3)cc21. The molecular weight excluding hydrogens is 507 g/mol. The molecule has 5 rings (SSSR count). The van der Waals surface area contributed by atoms with Crippen LogP contribution < -0.4 is 16.0 Å². The first kappa shape index (κ1) is 26.1. The second-order valence-corrected chi connectivity index (χ2v) is 9.25. The fourth-order valence-electron chi connectivity index (χ4n) is 4.95. The van der Waals surface area contributed by atoms with Gasteiger partial charge < -0.3 is 23.8 Å². The molecule has 0 amide bonds. The number of fused-ring (bicyclic) bond motifs is 2. The van der Waals surface area contributed by atoms with Gasteiger partial charge in [-0.1, -0.05) is 23.4 Å². The van der Waals surface area contributed by atoms with E-state index in [0.717, 1.165) is 11.5 Å². The second kappa shape index (κ2) is 10.7. The number of benzene rings is 2. The smallest absolute Gasteiger partial charge is 0.345 e. The van der Waals surface area contributed by atoms with Crippen LogP contribution in [0.15, 0.2) is 67.8 Å². The van der Waals surface area contributed by atoms with Crippen LogP contribution in [-0.4, -0.2) is 66.1 Å². The summed E-state index contributed by atoms with van der Waals surface area (Å²) in [6, 6.07) is 11.7. The Morgan fingerprint density at radius 3 is 2.54 bits per heavy atom. The second-order valence-electron chi connectivity index (χ2n) is 9.25. The van der Waals surface area contributed by atoms with Crippen molar-refractivity contribution in [1.29, 1.82) is 0 Å². The third-order valence-corrected chi connectivity index (χ3v) is 6.96. The van der Waals surface area contributed by atoms with E-state index in [1.807, 2.05) is 24.0 Å². The molecule has 0 bridgehead atoms. The summed E-state index contributed by atoms with van der Waals surface area (Å²) in [6.07, 6.45) is 1.30. The van der Waals surface area contributed by atoms with Crippen molar-refractivity contribution >= 4 is 39.2 Å². The van der Waals surface area contributed by atoms with Crippen molar-refractivity contribution in [2.75, 3.05) is 44.7 Å². The van der Waals surface area contributed by atoms with E-state index in [-0.39, 0.29) is 10.9 Å². The molecule has 0 saturated carbocycles. The van der Waals surface area contributed by atoms with Crippen molar-refractivity contribution in [2.24, 2.45) is 5.16 Å². The van der Waals surface area contributed by atoms with Crippen molar-refractivity contribution in [3.05, 3.63) is 86.2 Å². The molecule has 0 radical (unpaired) electrons. The molecule has 1 N–H and O–H groups in total. The van der Waals surface area contributed by atoms with Gasteiger partial charge in [-0.3, -0.25) is 9.69 Å². The Bertz CT molecular complexity index is 1720. The number of hydrogen-bond acceptors (Lipinski definition) is 8. The van der Waals surface area contributed by atoms with Gasteiger partial charge in [0.05, 0.1) is 16.8 Å². The zero-order valence-electron chi connectivity index (χ0n) is 21.5. The van der Waals surface area contributed by atoms with Crippen LogP contribution in [0, 0.1) is 5.82 Å². The molecule has 0 unspecified atom stereocenters. The molecule has 1 fully saturated rings. The normalized spacial score (nSPS) is 14.7. The average Bonchev–Trinajstić information content (AvgIpc) is 2.93. The number of aromatic nitrogens is 1. The Morgan fingerprint density at radius 2 is 1.85 bits per heavy atom. The summed E-state index contributed by atoms with van der Waals surface area (Å²) in [6.45, 7) is 4.65. The van der Waals surface area contributed by atoms with Gasteiger partial charge in [-0.05, 0) is 31.2 Å². The third kappa shape index (κ3) is 5.00. The van der Waals surface area contributed by atoms with Gasteiger partial charge in [0.25, 0.3) is 0 Å². The number of pyridine rings is 1. The first-order chi connectivity index (χ1) is 18.8. The lowest BCUT2D eigenvalue weighted by Crippen LogP contribution is -2.48. The number of nitrogens with zero attached hydrogens (tertiary/aromatic N) is 4. The predicted molar refractivity (Wildman–Crippen MR) is 145 cm³/mol. The molecule has 1 saturated heterocycles. The van der Waals surface area contributed by atoms with E-state index in [1.165, 1.54) is 13.3 Å². The lowest BCUT2D eigenvalue weighted by Gasteiger charge is -2.36. The monoisotopic (exact) mass is 534 g/mol. The Balaban J connectivity index is 1.37. The highest BCUT2D eigenvalue weighted by atomic mass is 19.1. The highest BCUT2D eigenvalue weighted by Crippen LogP contribution is 2.26. The van der Waals surface area contributed by atoms with E-state index in [0.29, 0.717) is 67.3 Å². The first-order valence-electron chi connectivity index (χ1n) is 12.5. The summed E-state index contributed by atoms with van der Waals surface area (Å²) < 4.78 is 22.3. The number of hydrogen-bond donors (Lipinski definition) is 1. The molecule has 1 aliphatic rings. The lowest BCUT2D eigenvalue weighted by atomic mass is 10.1. The summed E-state index contributed by atoms with van der Waals surface area (Å²) >= 11 is 0. The molecule has 2 aromatic heterocycles. The van der Waals surface area contributed by atoms with Crippen LogP contribution >= 0.6 is 0 Å². The van der Waals surface area contributed by atoms with Crippen LogP contribution in [0.3, 0.4) is 0 Å². The van der Waals surface area contributed by atoms with Gasteiger partial charge in [0.1, 0.15) is 29.8 Å². The number of aromatic carboxylic acids is 1. The van der Waals surface area contributed by atoms with Crippen LogP contribution in [0.4, 0.5) is 10.1 Å². The van der Waals surface area contributed by atoms with Gasteiger partial charge in [-0.25, -0.2) is 14.0 Å². The maximum atomic E-state index is 15.2. The lowest BCUT2D eigenvalue weighted by molar-refractivity contribution is 0.0695. The van der Waals surface area contributed by atoms with Crippen molar-refractivity contribution in [3.8, 4) is 0 Å². The Morgan fingerprint density at radius 1 is 1.10 bits per heavy atom. The van der Waals surface area contributed by atoms with Gasteiger partial charge in [0.2, 0.25) is 5.43 Å². The minimum Gasteiger partial charge on any atom is -0.477 e. The number of para-hydroxylation sites is 1. The van der Waals surface area contributed by atoms with Crippen molar-refractivity contribution in [2.45, 2.75) is 13.5 Å². The molecule has 202 valence electrons. The van der Waals surface area contributed by atoms with Crippen LogP contribution in [-0.2, 0) is 11.4 Å². The Labute approximate surface area is 222 Å². The molecular formula is C28H27FN4O6. The minimum absolute atomic E-state index is 0.0336. The van der Waals surface area contributed by atoms with Gasteiger partial charge >= 0.3 is 11.6 Å². The van der Waals surface area contributed by atoms with Crippen LogP contribution in [0.2, 0.25) is 0 Å². The summed E-state index contributed by atoms with van der Waals surface area (Å²) in [4.78, 5) is 45.8. The van der Waals surface area contributed by atoms with E-state index in [4.69, 9.17) is 9.25 Å². The molecule has 0 aliphatic carbocycles. The highest BCUT2D eigenvalue weighted by Gasteiger charge is 2.24. The molecule has 1 aliphatic heterocycles. The molecule has 0 atom stereocenters. The zero-order chi connectivity index (χ0) is 27.7. The number of oxime groups is 1. The molecule has 0 spiro atoms. The predicted octanol–water partition coefficient (Wildman–Crippen LogP) is 3.14. The maximum Gasteiger partial charge on any atom is 0.345 e. The third-order valence-electron chi connectivity index (χ3n) is 6.96. The number of carboxylic acids is 1. The number of carbonyl (C=O) groups is 1. The number of rotatable bonds is 7. The number of carboxylic acid groups (broad SMARTS) is 1. The van der Waals surface area contributed by atoms with Crippen molar-refractivity contribution < 1.29 is 23.5 Å². The van der Waals surface area contributed by atoms with E-state index >= 15 is 4.39 Å². The van der Waals surface area contributed by atoms with Gasteiger partial charge in [0, 0.05) is 56.2 Å². The Hall–Kier alpha value is -4.51. The van der Waals surface area contributed by atoms with Gasteiger partial charge in [-0.15, -0.1) is 0 Å². The molecule has 39 heavy (non-hydrogen) atoms. The molecule has 11 heteroatoms. The van der Waals surface area contributed by atoms with Gasteiger partial charge in [-0.2, -0.15) is 0 Å². The summed E-state index contributed by atoms with van der Waals surface area (Å²) in [5.41, 5.74) is 0.452. The number of halogens is 1. The largest absolute Gasteiger partial charge is 0.477 e. The van der Waals surface area contributed by atoms with Crippen LogP contribution in [0.1, 0.15) is 22.8 Å². The fourth-order valence-corrected chi connectivity index (χ4v) is 4.95. The quantitative estimate of drug-likeness (QED) is 0.218. The van der Waals surface area contributed by atoms with Crippen LogP contribution in [0.5, 0.6) is 0 Å². The first-order valence-corrected chi connectivity index (χ1v) is 12.5. The van der Waals surface area contributed by atoms with Crippen LogP contribution in [0.25, 0.3) is 21.9 Å². The summed E-state index contributed by atoms with van der Waals surface area (Å²) in [5, 5.41) is 14.3. The van der Waals surface area contributed by atoms with Crippen molar-refractivity contribution in [1.82, 2.24) is 9.47 Å². The van der Waals surface area contributed by atoms with E-state index in [2.05, 4.69) is 10.1 Å². The average molecular weight is 535 g/mol.